The molecule has 4 nitrogen and oxygen atoms in total. The molecule has 33 heavy (non-hydrogen) atoms. The maximum absolute atomic E-state index is 15.1. The van der Waals surface area contributed by atoms with E-state index in [2.05, 4.69) is 14.7 Å². The minimum absolute atomic E-state index is 0.320. The molecule has 3 aromatic carbocycles. The third kappa shape index (κ3) is 5.28. The molecule has 0 saturated heterocycles. The lowest BCUT2D eigenvalue weighted by Gasteiger charge is -2.10. The van der Waals surface area contributed by atoms with Gasteiger partial charge in [0.25, 0.3) is 0 Å². The van der Waals surface area contributed by atoms with Gasteiger partial charge in [-0.1, -0.05) is 30.3 Å². The number of ether oxygens (including phenoxy) is 2. The van der Waals surface area contributed by atoms with Gasteiger partial charge in [-0.2, -0.15) is 8.78 Å². The Labute approximate surface area is 187 Å². The summed E-state index contributed by atoms with van der Waals surface area (Å²) in [7, 11) is 1.59. The summed E-state index contributed by atoms with van der Waals surface area (Å²) in [6.07, 6.45) is 2.31. The first-order valence-electron chi connectivity index (χ1n) is 10.2. The van der Waals surface area contributed by atoms with Gasteiger partial charge in [0.2, 0.25) is 0 Å². The number of hydrogen-bond donors (Lipinski definition) is 0. The molecule has 0 amide bonds. The Kier molecular flexibility index (Phi) is 6.84. The lowest BCUT2D eigenvalue weighted by atomic mass is 9.99. The van der Waals surface area contributed by atoms with Crippen molar-refractivity contribution in [3.05, 3.63) is 89.2 Å². The summed E-state index contributed by atoms with van der Waals surface area (Å²) < 4.78 is 62.8. The van der Waals surface area contributed by atoms with Crippen molar-refractivity contribution in [3.8, 4) is 17.1 Å². The number of benzene rings is 3. The SMILES string of the molecule is COCc1ccnc(-c2ccc3c(F)c(CCc4ccc(OC(F)F)c(F)c4)ccc3c2)n1. The average Bonchev–Trinajstić information content (AvgIpc) is 2.80. The average molecular weight is 456 g/mol. The number of fused-ring (bicyclic) bond motifs is 1. The zero-order valence-electron chi connectivity index (χ0n) is 17.7. The molecule has 0 saturated carbocycles. The van der Waals surface area contributed by atoms with E-state index in [4.69, 9.17) is 4.74 Å². The highest BCUT2D eigenvalue weighted by Gasteiger charge is 2.13. The van der Waals surface area contributed by atoms with Crippen molar-refractivity contribution in [2.45, 2.75) is 26.1 Å². The highest BCUT2D eigenvalue weighted by molar-refractivity contribution is 5.87. The van der Waals surface area contributed by atoms with Crippen molar-refractivity contribution in [2.75, 3.05) is 7.11 Å². The van der Waals surface area contributed by atoms with Gasteiger partial charge in [-0.15, -0.1) is 0 Å². The second-order valence-corrected chi connectivity index (χ2v) is 7.42. The van der Waals surface area contributed by atoms with Crippen LogP contribution in [0.4, 0.5) is 17.6 Å². The largest absolute Gasteiger partial charge is 0.432 e. The van der Waals surface area contributed by atoms with E-state index in [-0.39, 0.29) is 5.82 Å². The predicted octanol–water partition coefficient (Wildman–Crippen LogP) is 6.11. The molecule has 0 spiro atoms. The molecule has 0 radical (unpaired) electrons. The molecule has 1 heterocycles. The Balaban J connectivity index is 1.53. The van der Waals surface area contributed by atoms with Crippen molar-refractivity contribution >= 4 is 10.8 Å². The molecule has 0 unspecified atom stereocenters. The van der Waals surface area contributed by atoms with Crippen LogP contribution in [-0.2, 0) is 24.2 Å². The maximum atomic E-state index is 15.1. The third-order valence-corrected chi connectivity index (χ3v) is 5.19. The fourth-order valence-corrected chi connectivity index (χ4v) is 3.60. The normalized spacial score (nSPS) is 11.3. The summed E-state index contributed by atoms with van der Waals surface area (Å²) in [4.78, 5) is 8.75. The van der Waals surface area contributed by atoms with E-state index in [0.717, 1.165) is 23.4 Å². The van der Waals surface area contributed by atoms with Gasteiger partial charge in [-0.3, -0.25) is 0 Å². The van der Waals surface area contributed by atoms with E-state index in [0.29, 0.717) is 47.2 Å². The first-order valence-corrected chi connectivity index (χ1v) is 10.2. The fraction of sp³-hybridized carbons (Fsp3) is 0.200. The fourth-order valence-electron chi connectivity index (χ4n) is 3.60. The van der Waals surface area contributed by atoms with E-state index < -0.39 is 18.2 Å². The van der Waals surface area contributed by atoms with Crippen LogP contribution >= 0.6 is 0 Å². The minimum Gasteiger partial charge on any atom is -0.432 e. The van der Waals surface area contributed by atoms with E-state index in [9.17, 15) is 13.2 Å². The molecule has 0 bridgehead atoms. The van der Waals surface area contributed by atoms with Crippen LogP contribution in [0, 0.1) is 11.6 Å². The van der Waals surface area contributed by atoms with Gasteiger partial charge in [-0.05, 0) is 53.6 Å². The summed E-state index contributed by atoms with van der Waals surface area (Å²) in [5.41, 5.74) is 2.53. The Hall–Kier alpha value is -3.52. The first kappa shape index (κ1) is 22.7. The maximum Gasteiger partial charge on any atom is 0.387 e. The van der Waals surface area contributed by atoms with Crippen molar-refractivity contribution in [1.29, 1.82) is 0 Å². The number of hydrogen-bond acceptors (Lipinski definition) is 4. The van der Waals surface area contributed by atoms with Crippen LogP contribution in [0.25, 0.3) is 22.2 Å². The summed E-state index contributed by atoms with van der Waals surface area (Å²) in [5.74, 6) is -1.22. The van der Waals surface area contributed by atoms with E-state index in [1.165, 1.54) is 6.07 Å². The van der Waals surface area contributed by atoms with Crippen molar-refractivity contribution in [3.63, 3.8) is 0 Å². The molecular formula is C25H20F4N2O2. The highest BCUT2D eigenvalue weighted by atomic mass is 19.3. The van der Waals surface area contributed by atoms with Gasteiger partial charge in [0.15, 0.2) is 17.4 Å². The molecule has 0 fully saturated rings. The van der Waals surface area contributed by atoms with Crippen LogP contribution in [0.3, 0.4) is 0 Å². The molecule has 0 atom stereocenters. The Morgan fingerprint density at radius 2 is 1.79 bits per heavy atom. The van der Waals surface area contributed by atoms with Crippen LogP contribution in [0.15, 0.2) is 60.8 Å². The molecule has 170 valence electrons. The number of aromatic nitrogens is 2. The second-order valence-electron chi connectivity index (χ2n) is 7.42. The number of rotatable bonds is 8. The molecule has 0 aliphatic rings. The number of aryl methyl sites for hydroxylation is 2. The number of methoxy groups -OCH3 is 1. The molecule has 0 aliphatic carbocycles. The van der Waals surface area contributed by atoms with Gasteiger partial charge in [-0.25, -0.2) is 18.7 Å². The Morgan fingerprint density at radius 1 is 0.939 bits per heavy atom. The third-order valence-electron chi connectivity index (χ3n) is 5.19. The summed E-state index contributed by atoms with van der Waals surface area (Å²) in [6.45, 7) is -2.73. The Morgan fingerprint density at radius 3 is 2.55 bits per heavy atom. The quantitative estimate of drug-likeness (QED) is 0.300. The lowest BCUT2D eigenvalue weighted by Crippen LogP contribution is -2.04. The van der Waals surface area contributed by atoms with Crippen LogP contribution in [0.1, 0.15) is 16.8 Å². The first-order chi connectivity index (χ1) is 15.9. The summed E-state index contributed by atoms with van der Waals surface area (Å²) in [6, 6.07) is 14.3. The second kappa shape index (κ2) is 9.95. The van der Waals surface area contributed by atoms with Crippen molar-refractivity contribution in [1.82, 2.24) is 9.97 Å². The zero-order chi connectivity index (χ0) is 23.4. The number of halogens is 4. The van der Waals surface area contributed by atoms with Gasteiger partial charge >= 0.3 is 6.61 Å². The van der Waals surface area contributed by atoms with E-state index in [1.807, 2.05) is 12.1 Å². The van der Waals surface area contributed by atoms with Gasteiger partial charge in [0.1, 0.15) is 5.82 Å². The molecule has 1 aromatic heterocycles. The highest BCUT2D eigenvalue weighted by Crippen LogP contribution is 2.27. The standard InChI is InChI=1S/C25H20F4N2O2/c1-32-14-19-10-11-30-24(31-19)18-7-8-20-17(13-18)6-5-16(23(20)27)4-2-15-3-9-22(21(26)12-15)33-25(28)29/h3,5-13,25H,2,4,14H2,1H3. The summed E-state index contributed by atoms with van der Waals surface area (Å²) in [5, 5.41) is 1.16. The monoisotopic (exact) mass is 456 g/mol. The molecule has 8 heteroatoms. The molecule has 0 N–H and O–H groups in total. The van der Waals surface area contributed by atoms with Crippen LogP contribution in [0.2, 0.25) is 0 Å². The minimum atomic E-state index is -3.10. The van der Waals surface area contributed by atoms with Crippen molar-refractivity contribution in [2.24, 2.45) is 0 Å². The lowest BCUT2D eigenvalue weighted by molar-refractivity contribution is -0.0522. The number of alkyl halides is 2. The predicted molar refractivity (Wildman–Crippen MR) is 116 cm³/mol. The van der Waals surface area contributed by atoms with Crippen molar-refractivity contribution < 1.29 is 27.0 Å². The molecule has 4 rings (SSSR count). The Bertz CT molecular complexity index is 1280. The van der Waals surface area contributed by atoms with Gasteiger partial charge in [0.05, 0.1) is 12.3 Å². The molecule has 0 aliphatic heterocycles. The smallest absolute Gasteiger partial charge is 0.387 e. The molecular weight excluding hydrogens is 436 g/mol. The van der Waals surface area contributed by atoms with Crippen LogP contribution in [-0.4, -0.2) is 23.7 Å². The topological polar surface area (TPSA) is 44.2 Å². The van der Waals surface area contributed by atoms with Crippen LogP contribution < -0.4 is 4.74 Å². The van der Waals surface area contributed by atoms with Gasteiger partial charge < -0.3 is 9.47 Å². The zero-order valence-corrected chi connectivity index (χ0v) is 17.7. The van der Waals surface area contributed by atoms with E-state index >= 15 is 4.39 Å². The van der Waals surface area contributed by atoms with E-state index in [1.54, 1.807) is 37.6 Å². The number of nitrogens with zero attached hydrogens (tertiary/aromatic N) is 2. The van der Waals surface area contributed by atoms with Gasteiger partial charge in [0, 0.05) is 24.3 Å². The van der Waals surface area contributed by atoms with Crippen LogP contribution in [0.5, 0.6) is 5.75 Å². The molecule has 4 aromatic rings. The summed E-state index contributed by atoms with van der Waals surface area (Å²) >= 11 is 0.